The van der Waals surface area contributed by atoms with Crippen molar-refractivity contribution in [2.24, 2.45) is 0 Å². The molecule has 2 unspecified atom stereocenters. The van der Waals surface area contributed by atoms with Gasteiger partial charge in [-0.1, -0.05) is 29.8 Å². The number of ether oxygens (including phenoxy) is 1. The third-order valence-electron chi connectivity index (χ3n) is 3.85. The second kappa shape index (κ2) is 4.77. The minimum absolute atomic E-state index is 0.477. The van der Waals surface area contributed by atoms with Gasteiger partial charge in [0.25, 0.3) is 0 Å². The molecule has 1 N–H and O–H groups in total. The average molecular weight is 232 g/mol. The summed E-state index contributed by atoms with van der Waals surface area (Å²) < 4.78 is 5.51. The van der Waals surface area contributed by atoms with E-state index >= 15 is 0 Å². The summed E-state index contributed by atoms with van der Waals surface area (Å²) in [5.41, 5.74) is 2.73. The molecule has 2 fully saturated rings. The van der Waals surface area contributed by atoms with Gasteiger partial charge in [0.2, 0.25) is 0 Å². The molecule has 3 nitrogen and oxygen atoms in total. The van der Waals surface area contributed by atoms with E-state index in [0.717, 1.165) is 32.8 Å². The van der Waals surface area contributed by atoms with Crippen molar-refractivity contribution in [3.05, 3.63) is 35.4 Å². The first kappa shape index (κ1) is 11.2. The SMILES string of the molecule is Cc1ccc(C2CN3CCOCC3CN2)cc1. The summed E-state index contributed by atoms with van der Waals surface area (Å²) in [6.07, 6.45) is 0. The Bertz CT molecular complexity index is 376. The molecule has 1 aromatic rings. The maximum Gasteiger partial charge on any atom is 0.0634 e. The number of fused-ring (bicyclic) bond motifs is 1. The molecular weight excluding hydrogens is 212 g/mol. The van der Waals surface area contributed by atoms with Crippen LogP contribution < -0.4 is 5.32 Å². The number of piperazine rings is 1. The van der Waals surface area contributed by atoms with E-state index in [0.29, 0.717) is 12.1 Å². The van der Waals surface area contributed by atoms with E-state index in [1.54, 1.807) is 0 Å². The van der Waals surface area contributed by atoms with Gasteiger partial charge in [-0.15, -0.1) is 0 Å². The Morgan fingerprint density at radius 2 is 2.12 bits per heavy atom. The van der Waals surface area contributed by atoms with E-state index in [1.165, 1.54) is 11.1 Å². The number of nitrogens with zero attached hydrogens (tertiary/aromatic N) is 1. The molecule has 0 aliphatic carbocycles. The molecule has 0 radical (unpaired) electrons. The Morgan fingerprint density at radius 3 is 2.94 bits per heavy atom. The molecule has 3 heteroatoms. The van der Waals surface area contributed by atoms with Gasteiger partial charge in [-0.05, 0) is 12.5 Å². The summed E-state index contributed by atoms with van der Waals surface area (Å²) in [6.45, 7) is 7.13. The Balaban J connectivity index is 1.71. The van der Waals surface area contributed by atoms with Crippen molar-refractivity contribution in [3.8, 4) is 0 Å². The second-order valence-electron chi connectivity index (χ2n) is 5.10. The van der Waals surface area contributed by atoms with Crippen molar-refractivity contribution in [1.82, 2.24) is 10.2 Å². The van der Waals surface area contributed by atoms with Gasteiger partial charge in [-0.3, -0.25) is 4.90 Å². The zero-order valence-corrected chi connectivity index (χ0v) is 10.4. The van der Waals surface area contributed by atoms with E-state index in [4.69, 9.17) is 4.74 Å². The fourth-order valence-electron chi connectivity index (χ4n) is 2.72. The van der Waals surface area contributed by atoms with Crippen LogP contribution in [0, 0.1) is 6.92 Å². The van der Waals surface area contributed by atoms with Crippen LogP contribution in [-0.4, -0.2) is 43.8 Å². The van der Waals surface area contributed by atoms with Gasteiger partial charge in [-0.25, -0.2) is 0 Å². The van der Waals surface area contributed by atoms with Crippen LogP contribution in [0.15, 0.2) is 24.3 Å². The minimum atomic E-state index is 0.477. The number of aryl methyl sites for hydroxylation is 1. The molecule has 2 aliphatic heterocycles. The summed E-state index contributed by atoms with van der Waals surface area (Å²) in [6, 6.07) is 9.93. The van der Waals surface area contributed by atoms with E-state index in [2.05, 4.69) is 41.4 Å². The molecule has 2 aliphatic rings. The third-order valence-corrected chi connectivity index (χ3v) is 3.85. The number of morpholine rings is 1. The largest absolute Gasteiger partial charge is 0.378 e. The predicted molar refractivity (Wildman–Crippen MR) is 68.1 cm³/mol. The first-order chi connectivity index (χ1) is 8.33. The maximum atomic E-state index is 5.51. The molecule has 0 amide bonds. The normalized spacial score (nSPS) is 29.9. The summed E-state index contributed by atoms with van der Waals surface area (Å²) >= 11 is 0. The molecule has 3 rings (SSSR count). The lowest BCUT2D eigenvalue weighted by atomic mass is 10.0. The topological polar surface area (TPSA) is 24.5 Å². The summed E-state index contributed by atoms with van der Waals surface area (Å²) in [7, 11) is 0. The lowest BCUT2D eigenvalue weighted by Gasteiger charge is -2.43. The van der Waals surface area contributed by atoms with Crippen LogP contribution in [0.25, 0.3) is 0 Å². The highest BCUT2D eigenvalue weighted by Crippen LogP contribution is 2.21. The molecule has 1 aromatic carbocycles. The summed E-state index contributed by atoms with van der Waals surface area (Å²) in [5, 5.41) is 3.63. The first-order valence-electron chi connectivity index (χ1n) is 6.45. The standard InChI is InChI=1S/C14H20N2O/c1-11-2-4-12(5-3-11)14-9-16-6-7-17-10-13(16)8-15-14/h2-5,13-15H,6-10H2,1H3. The van der Waals surface area contributed by atoms with Crippen LogP contribution in [0.4, 0.5) is 0 Å². The van der Waals surface area contributed by atoms with E-state index in [1.807, 2.05) is 0 Å². The summed E-state index contributed by atoms with van der Waals surface area (Å²) in [4.78, 5) is 2.56. The Labute approximate surface area is 103 Å². The number of hydrogen-bond acceptors (Lipinski definition) is 3. The maximum absolute atomic E-state index is 5.51. The lowest BCUT2D eigenvalue weighted by molar-refractivity contribution is -0.0263. The highest BCUT2D eigenvalue weighted by atomic mass is 16.5. The van der Waals surface area contributed by atoms with Gasteiger partial charge in [0.15, 0.2) is 0 Å². The smallest absolute Gasteiger partial charge is 0.0634 e. The molecule has 2 heterocycles. The summed E-state index contributed by atoms with van der Waals surface area (Å²) in [5.74, 6) is 0. The van der Waals surface area contributed by atoms with Crippen LogP contribution in [0.5, 0.6) is 0 Å². The van der Waals surface area contributed by atoms with E-state index < -0.39 is 0 Å². The molecule has 0 saturated carbocycles. The van der Waals surface area contributed by atoms with Crippen LogP contribution in [0.1, 0.15) is 17.2 Å². The molecule has 17 heavy (non-hydrogen) atoms. The zero-order valence-electron chi connectivity index (χ0n) is 10.4. The number of rotatable bonds is 1. The van der Waals surface area contributed by atoms with Crippen molar-refractivity contribution >= 4 is 0 Å². The molecule has 2 saturated heterocycles. The molecule has 92 valence electrons. The first-order valence-corrected chi connectivity index (χ1v) is 6.45. The van der Waals surface area contributed by atoms with Gasteiger partial charge >= 0.3 is 0 Å². The number of nitrogens with one attached hydrogen (secondary N) is 1. The molecule has 0 spiro atoms. The minimum Gasteiger partial charge on any atom is -0.378 e. The van der Waals surface area contributed by atoms with Gasteiger partial charge < -0.3 is 10.1 Å². The van der Waals surface area contributed by atoms with E-state index in [9.17, 15) is 0 Å². The quantitative estimate of drug-likeness (QED) is 0.791. The predicted octanol–water partition coefficient (Wildman–Crippen LogP) is 1.34. The van der Waals surface area contributed by atoms with Crippen LogP contribution in [0.2, 0.25) is 0 Å². The van der Waals surface area contributed by atoms with Crippen LogP contribution >= 0.6 is 0 Å². The van der Waals surface area contributed by atoms with Crippen molar-refractivity contribution in [3.63, 3.8) is 0 Å². The highest BCUT2D eigenvalue weighted by Gasteiger charge is 2.30. The van der Waals surface area contributed by atoms with Crippen molar-refractivity contribution < 1.29 is 4.74 Å². The average Bonchev–Trinajstić information content (AvgIpc) is 2.39. The molecule has 0 aromatic heterocycles. The second-order valence-corrected chi connectivity index (χ2v) is 5.10. The number of hydrogen-bond donors (Lipinski definition) is 1. The van der Waals surface area contributed by atoms with E-state index in [-0.39, 0.29) is 0 Å². The fraction of sp³-hybridized carbons (Fsp3) is 0.571. The molecule has 2 atom stereocenters. The monoisotopic (exact) mass is 232 g/mol. The lowest BCUT2D eigenvalue weighted by Crippen LogP contribution is -2.57. The van der Waals surface area contributed by atoms with Crippen molar-refractivity contribution in [2.75, 3.05) is 32.8 Å². The van der Waals surface area contributed by atoms with Crippen molar-refractivity contribution in [1.29, 1.82) is 0 Å². The van der Waals surface area contributed by atoms with Gasteiger partial charge in [0.05, 0.1) is 13.2 Å². The highest BCUT2D eigenvalue weighted by molar-refractivity contribution is 5.25. The third kappa shape index (κ3) is 2.37. The van der Waals surface area contributed by atoms with Crippen LogP contribution in [0.3, 0.4) is 0 Å². The Morgan fingerprint density at radius 1 is 1.29 bits per heavy atom. The Kier molecular flexibility index (Phi) is 3.14. The van der Waals surface area contributed by atoms with Crippen molar-refractivity contribution in [2.45, 2.75) is 19.0 Å². The van der Waals surface area contributed by atoms with Crippen LogP contribution in [-0.2, 0) is 4.74 Å². The molecular formula is C14H20N2O. The Hall–Kier alpha value is -0.900. The molecule has 0 bridgehead atoms. The van der Waals surface area contributed by atoms with Gasteiger partial charge in [0, 0.05) is 31.7 Å². The van der Waals surface area contributed by atoms with Gasteiger partial charge in [0.1, 0.15) is 0 Å². The van der Waals surface area contributed by atoms with Gasteiger partial charge in [-0.2, -0.15) is 0 Å². The zero-order chi connectivity index (χ0) is 11.7. The fourth-order valence-corrected chi connectivity index (χ4v) is 2.72. The number of benzene rings is 1.